The third kappa shape index (κ3) is 4.69. The number of amides is 1. The Balaban J connectivity index is 1.74. The van der Waals surface area contributed by atoms with Gasteiger partial charge in [-0.15, -0.1) is 0 Å². The Morgan fingerprint density at radius 1 is 1.09 bits per heavy atom. The summed E-state index contributed by atoms with van der Waals surface area (Å²) in [7, 11) is 3.64. The molecule has 0 bridgehead atoms. The molecule has 8 nitrogen and oxygen atoms in total. The van der Waals surface area contributed by atoms with Crippen LogP contribution in [0.5, 0.6) is 5.75 Å². The Bertz CT molecular complexity index is 1150. The summed E-state index contributed by atoms with van der Waals surface area (Å²) in [5, 5.41) is 2.82. The predicted octanol–water partition coefficient (Wildman–Crippen LogP) is 3.84. The summed E-state index contributed by atoms with van der Waals surface area (Å²) >= 11 is 0. The highest BCUT2D eigenvalue weighted by Gasteiger charge is 2.34. The molecule has 1 aromatic heterocycles. The van der Waals surface area contributed by atoms with E-state index in [2.05, 4.69) is 10.3 Å². The van der Waals surface area contributed by atoms with Crippen LogP contribution < -0.4 is 15.0 Å². The fourth-order valence-electron chi connectivity index (χ4n) is 3.66. The average Bonchev–Trinajstić information content (AvgIpc) is 3.35. The van der Waals surface area contributed by atoms with Crippen molar-refractivity contribution in [1.82, 2.24) is 9.55 Å². The number of nitrogens with zero attached hydrogens (tertiary/aromatic N) is 3. The van der Waals surface area contributed by atoms with Crippen LogP contribution in [0, 0.1) is 0 Å². The van der Waals surface area contributed by atoms with Gasteiger partial charge in [0, 0.05) is 26.2 Å². The number of aromatic nitrogens is 2. The van der Waals surface area contributed by atoms with Gasteiger partial charge in [-0.1, -0.05) is 36.4 Å². The minimum Gasteiger partial charge on any atom is -0.480 e. The maximum absolute atomic E-state index is 13.3. The number of para-hydroxylation sites is 2. The zero-order valence-electron chi connectivity index (χ0n) is 19.5. The normalized spacial score (nSPS) is 14.9. The molecule has 1 aliphatic heterocycles. The van der Waals surface area contributed by atoms with Crippen LogP contribution in [0.25, 0.3) is 5.69 Å². The van der Waals surface area contributed by atoms with Crippen molar-refractivity contribution < 1.29 is 19.1 Å². The van der Waals surface area contributed by atoms with Gasteiger partial charge in [0.1, 0.15) is 11.4 Å². The van der Waals surface area contributed by atoms with E-state index in [4.69, 9.17) is 9.47 Å². The zero-order valence-corrected chi connectivity index (χ0v) is 19.5. The Kier molecular flexibility index (Phi) is 5.84. The molecule has 2 aromatic carbocycles. The highest BCUT2D eigenvalue weighted by molar-refractivity contribution is 6.02. The largest absolute Gasteiger partial charge is 0.480 e. The average molecular weight is 449 g/mol. The molecule has 1 N–H and O–H groups in total. The van der Waals surface area contributed by atoms with Crippen molar-refractivity contribution in [3.05, 3.63) is 65.9 Å². The number of anilines is 2. The zero-order chi connectivity index (χ0) is 23.8. The van der Waals surface area contributed by atoms with Gasteiger partial charge in [0.05, 0.1) is 0 Å². The van der Waals surface area contributed by atoms with Crippen LogP contribution >= 0.6 is 0 Å². The van der Waals surface area contributed by atoms with Gasteiger partial charge >= 0.3 is 5.97 Å². The minimum atomic E-state index is -0.724. The number of nitrogens with one attached hydrogen (secondary N) is 1. The second-order valence-corrected chi connectivity index (χ2v) is 9.08. The van der Waals surface area contributed by atoms with E-state index in [1.165, 1.54) is 0 Å². The third-order valence-electron chi connectivity index (χ3n) is 5.05. The number of esters is 1. The number of hydrogen-bond donors (Lipinski definition) is 1. The molecule has 2 heterocycles. The number of carbonyl (C=O) groups is 2. The first-order chi connectivity index (χ1) is 15.6. The van der Waals surface area contributed by atoms with Crippen molar-refractivity contribution in [3.63, 3.8) is 0 Å². The van der Waals surface area contributed by atoms with Crippen LogP contribution in [0.1, 0.15) is 36.8 Å². The van der Waals surface area contributed by atoms with Crippen molar-refractivity contribution in [2.75, 3.05) is 24.3 Å². The molecule has 1 unspecified atom stereocenters. The van der Waals surface area contributed by atoms with Gasteiger partial charge in [-0.25, -0.2) is 4.79 Å². The van der Waals surface area contributed by atoms with Crippen molar-refractivity contribution in [1.29, 1.82) is 0 Å². The SMILES string of the molecule is CN(C)c1nc(NC(=O)C2Cc3ccccc3O2)c(C(=O)OC(C)(C)C)n1-c1ccccc1. The number of ether oxygens (including phenoxy) is 2. The van der Waals surface area contributed by atoms with Gasteiger partial charge in [-0.3, -0.25) is 9.36 Å². The van der Waals surface area contributed by atoms with Gasteiger partial charge < -0.3 is 19.7 Å². The predicted molar refractivity (Wildman–Crippen MR) is 126 cm³/mol. The summed E-state index contributed by atoms with van der Waals surface area (Å²) in [6.07, 6.45) is -0.262. The lowest BCUT2D eigenvalue weighted by Crippen LogP contribution is -2.32. The van der Waals surface area contributed by atoms with E-state index in [1.807, 2.05) is 68.7 Å². The van der Waals surface area contributed by atoms with E-state index in [1.54, 1.807) is 30.2 Å². The minimum absolute atomic E-state index is 0.126. The first-order valence-electron chi connectivity index (χ1n) is 10.8. The fraction of sp³-hybridized carbons (Fsp3) is 0.320. The van der Waals surface area contributed by atoms with E-state index >= 15 is 0 Å². The van der Waals surface area contributed by atoms with E-state index in [0.717, 1.165) is 11.3 Å². The van der Waals surface area contributed by atoms with Gasteiger partial charge in [0.25, 0.3) is 5.91 Å². The van der Waals surface area contributed by atoms with Crippen molar-refractivity contribution in [2.45, 2.75) is 38.9 Å². The molecule has 33 heavy (non-hydrogen) atoms. The number of fused-ring (bicyclic) bond motifs is 1. The Morgan fingerprint density at radius 3 is 2.39 bits per heavy atom. The summed E-state index contributed by atoms with van der Waals surface area (Å²) in [6.45, 7) is 5.38. The molecule has 0 saturated carbocycles. The number of benzene rings is 2. The van der Waals surface area contributed by atoms with Crippen LogP contribution in [-0.2, 0) is 16.0 Å². The molecule has 3 aromatic rings. The standard InChI is InChI=1S/C25H28N4O4/c1-25(2,3)33-23(31)20-21(26-22(30)19-15-16-11-9-10-14-18(16)32-19)27-24(28(4)5)29(20)17-12-7-6-8-13-17/h6-14,19H,15H2,1-5H3,(H,26,30). The van der Waals surface area contributed by atoms with Crippen LogP contribution in [-0.4, -0.2) is 47.2 Å². The molecule has 1 amide bonds. The molecular weight excluding hydrogens is 420 g/mol. The van der Waals surface area contributed by atoms with Crippen LogP contribution in [0.4, 0.5) is 11.8 Å². The van der Waals surface area contributed by atoms with Crippen LogP contribution in [0.15, 0.2) is 54.6 Å². The molecule has 0 aliphatic carbocycles. The quantitative estimate of drug-likeness (QED) is 0.597. The highest BCUT2D eigenvalue weighted by atomic mass is 16.6. The molecule has 1 aliphatic rings. The molecule has 0 radical (unpaired) electrons. The Labute approximate surface area is 193 Å². The lowest BCUT2D eigenvalue weighted by molar-refractivity contribution is -0.122. The van der Waals surface area contributed by atoms with Gasteiger partial charge in [-0.05, 0) is 44.5 Å². The summed E-state index contributed by atoms with van der Waals surface area (Å²) in [5.74, 6) is 0.333. The van der Waals surface area contributed by atoms with E-state index in [0.29, 0.717) is 18.1 Å². The molecular formula is C25H28N4O4. The molecule has 0 spiro atoms. The van der Waals surface area contributed by atoms with Crippen LogP contribution in [0.3, 0.4) is 0 Å². The fourth-order valence-corrected chi connectivity index (χ4v) is 3.66. The van der Waals surface area contributed by atoms with E-state index in [9.17, 15) is 9.59 Å². The maximum Gasteiger partial charge on any atom is 0.359 e. The number of rotatable bonds is 5. The first kappa shape index (κ1) is 22.4. The Morgan fingerprint density at radius 2 is 1.76 bits per heavy atom. The number of hydrogen-bond acceptors (Lipinski definition) is 6. The van der Waals surface area contributed by atoms with Crippen LogP contribution in [0.2, 0.25) is 0 Å². The van der Waals surface area contributed by atoms with Gasteiger partial charge in [-0.2, -0.15) is 4.98 Å². The molecule has 172 valence electrons. The smallest absolute Gasteiger partial charge is 0.359 e. The van der Waals surface area contributed by atoms with E-state index in [-0.39, 0.29) is 17.4 Å². The third-order valence-corrected chi connectivity index (χ3v) is 5.05. The Hall–Kier alpha value is -3.81. The molecule has 8 heteroatoms. The second-order valence-electron chi connectivity index (χ2n) is 9.08. The number of imidazole rings is 1. The molecule has 4 rings (SSSR count). The van der Waals surface area contributed by atoms with Crippen molar-refractivity contribution in [2.24, 2.45) is 0 Å². The second kappa shape index (κ2) is 8.61. The molecule has 0 fully saturated rings. The lowest BCUT2D eigenvalue weighted by Gasteiger charge is -2.21. The van der Waals surface area contributed by atoms with Crippen molar-refractivity contribution in [3.8, 4) is 11.4 Å². The lowest BCUT2D eigenvalue weighted by atomic mass is 10.1. The first-order valence-corrected chi connectivity index (χ1v) is 10.8. The maximum atomic E-state index is 13.3. The summed E-state index contributed by atoms with van der Waals surface area (Å²) in [4.78, 5) is 32.8. The summed E-state index contributed by atoms with van der Waals surface area (Å²) in [5.41, 5.74) is 1.11. The monoisotopic (exact) mass is 448 g/mol. The topological polar surface area (TPSA) is 85.7 Å². The van der Waals surface area contributed by atoms with Gasteiger partial charge in [0.2, 0.25) is 5.95 Å². The molecule has 1 atom stereocenters. The highest BCUT2D eigenvalue weighted by Crippen LogP contribution is 2.31. The molecule has 0 saturated heterocycles. The summed E-state index contributed by atoms with van der Waals surface area (Å²) in [6, 6.07) is 16.9. The number of carbonyl (C=O) groups excluding carboxylic acids is 2. The van der Waals surface area contributed by atoms with E-state index < -0.39 is 17.7 Å². The summed E-state index contributed by atoms with van der Waals surface area (Å²) < 4.78 is 13.2. The van der Waals surface area contributed by atoms with Gasteiger partial charge in [0.15, 0.2) is 17.6 Å². The van der Waals surface area contributed by atoms with Crippen molar-refractivity contribution >= 4 is 23.6 Å².